The average Bonchev–Trinajstić information content (AvgIpc) is 3.23. The second kappa shape index (κ2) is 11.0. The van der Waals surface area contributed by atoms with Gasteiger partial charge < -0.3 is 14.5 Å². The van der Waals surface area contributed by atoms with Crippen LogP contribution in [-0.2, 0) is 19.6 Å². The van der Waals surface area contributed by atoms with Gasteiger partial charge in [0.1, 0.15) is 11.5 Å². The number of nitrogens with zero attached hydrogens (tertiary/aromatic N) is 1. The molecule has 1 aliphatic heterocycles. The number of hydrogen-bond acceptors (Lipinski definition) is 6. The van der Waals surface area contributed by atoms with Crippen LogP contribution in [0.25, 0.3) is 0 Å². The maximum Gasteiger partial charge on any atom is 0.241 e. The minimum atomic E-state index is -3.73. The molecule has 0 aliphatic carbocycles. The fourth-order valence-corrected chi connectivity index (χ4v) is 6.10. The summed E-state index contributed by atoms with van der Waals surface area (Å²) in [6.07, 6.45) is 0.0498. The summed E-state index contributed by atoms with van der Waals surface area (Å²) < 4.78 is 40.0. The summed E-state index contributed by atoms with van der Waals surface area (Å²) in [5, 5.41) is 2.95. The highest BCUT2D eigenvalue weighted by atomic mass is 32.2. The largest absolute Gasteiger partial charge is 0.465 e. The number of carbonyl (C=O) groups excluding carboxylic acids is 1. The molecule has 1 fully saturated rings. The second-order valence-electron chi connectivity index (χ2n) is 9.02. The number of carbonyl (C=O) groups is 1. The van der Waals surface area contributed by atoms with E-state index in [0.29, 0.717) is 24.7 Å². The van der Waals surface area contributed by atoms with Gasteiger partial charge in [-0.05, 0) is 81.5 Å². The number of hydrogen-bond donors (Lipinski definition) is 2. The third-order valence-corrected chi connectivity index (χ3v) is 8.65. The number of benzene rings is 1. The van der Waals surface area contributed by atoms with Crippen LogP contribution in [0.1, 0.15) is 51.8 Å². The molecule has 1 aliphatic rings. The molecule has 1 aromatic carbocycles. The monoisotopic (exact) mass is 491 g/mol. The fraction of sp³-hybridized carbons (Fsp3) is 0.560. The van der Waals surface area contributed by atoms with E-state index in [1.807, 2.05) is 53.7 Å². The van der Waals surface area contributed by atoms with Crippen molar-refractivity contribution < 1.29 is 22.4 Å². The fourth-order valence-electron chi connectivity index (χ4n) is 4.47. The van der Waals surface area contributed by atoms with E-state index in [9.17, 15) is 13.2 Å². The lowest BCUT2D eigenvalue weighted by Crippen LogP contribution is -2.44. The van der Waals surface area contributed by atoms with Gasteiger partial charge in [0.25, 0.3) is 0 Å². The summed E-state index contributed by atoms with van der Waals surface area (Å²) in [5.74, 6) is 1.41. The van der Waals surface area contributed by atoms with Crippen LogP contribution in [0.15, 0.2) is 21.4 Å². The van der Waals surface area contributed by atoms with Crippen LogP contribution in [-0.4, -0.2) is 58.6 Å². The smallest absolute Gasteiger partial charge is 0.241 e. The van der Waals surface area contributed by atoms with E-state index in [1.54, 1.807) is 0 Å². The van der Waals surface area contributed by atoms with Crippen LogP contribution in [0.3, 0.4) is 0 Å². The topological polar surface area (TPSA) is 101 Å². The van der Waals surface area contributed by atoms with E-state index < -0.39 is 10.0 Å². The van der Waals surface area contributed by atoms with E-state index in [1.165, 1.54) is 0 Å². The van der Waals surface area contributed by atoms with E-state index in [4.69, 9.17) is 9.15 Å². The van der Waals surface area contributed by atoms with Gasteiger partial charge in [-0.15, -0.1) is 0 Å². The van der Waals surface area contributed by atoms with E-state index in [-0.39, 0.29) is 24.9 Å². The lowest BCUT2D eigenvalue weighted by Gasteiger charge is -2.33. The van der Waals surface area contributed by atoms with Gasteiger partial charge in [-0.25, -0.2) is 13.1 Å². The molecule has 1 unspecified atom stereocenters. The highest BCUT2D eigenvalue weighted by Crippen LogP contribution is 2.29. The highest BCUT2D eigenvalue weighted by molar-refractivity contribution is 7.89. The molecular weight excluding hydrogens is 454 g/mol. The first-order valence-electron chi connectivity index (χ1n) is 11.7. The lowest BCUT2D eigenvalue weighted by atomic mass is 9.95. The molecule has 0 spiro atoms. The molecule has 0 saturated carbocycles. The third-order valence-electron chi connectivity index (χ3n) is 6.91. The predicted octanol–water partition coefficient (Wildman–Crippen LogP) is 2.99. The minimum absolute atomic E-state index is 0.0289. The number of sulfonamides is 1. The van der Waals surface area contributed by atoms with E-state index in [2.05, 4.69) is 14.9 Å². The van der Waals surface area contributed by atoms with Crippen molar-refractivity contribution in [3.8, 4) is 0 Å². The Morgan fingerprint density at radius 1 is 0.971 bits per heavy atom. The van der Waals surface area contributed by atoms with Crippen molar-refractivity contribution in [2.24, 2.45) is 0 Å². The number of aryl methyl sites for hydroxylation is 1. The number of furan rings is 1. The van der Waals surface area contributed by atoms with Crippen molar-refractivity contribution in [1.29, 1.82) is 0 Å². The molecule has 0 bridgehead atoms. The standard InChI is InChI=1S/C25H37N3O5S/c1-16-7-8-23(33-16)22(28-11-13-32-14-12-28)15-26-24(29)9-10-27-34(30,31)25-20(5)18(3)17(2)19(4)21(25)6/h7-8,22,27H,9-15H2,1-6H3,(H,26,29). The zero-order chi connectivity index (χ0) is 25.0. The summed E-state index contributed by atoms with van der Waals surface area (Å²) in [6, 6.07) is 3.76. The Morgan fingerprint density at radius 2 is 1.56 bits per heavy atom. The SMILES string of the molecule is Cc1ccc(C(CNC(=O)CCNS(=O)(=O)c2c(C)c(C)c(C)c(C)c2C)N2CCOCC2)o1. The summed E-state index contributed by atoms with van der Waals surface area (Å²) in [4.78, 5) is 15.1. The molecule has 1 saturated heterocycles. The molecule has 188 valence electrons. The summed E-state index contributed by atoms with van der Waals surface area (Å²) >= 11 is 0. The van der Waals surface area contributed by atoms with E-state index >= 15 is 0 Å². The van der Waals surface area contributed by atoms with Gasteiger partial charge in [0.05, 0.1) is 24.2 Å². The van der Waals surface area contributed by atoms with Gasteiger partial charge in [-0.3, -0.25) is 9.69 Å². The lowest BCUT2D eigenvalue weighted by molar-refractivity contribution is -0.121. The third kappa shape index (κ3) is 5.89. The zero-order valence-corrected chi connectivity index (χ0v) is 21.9. The molecule has 0 radical (unpaired) electrons. The van der Waals surface area contributed by atoms with Gasteiger partial charge in [-0.1, -0.05) is 0 Å². The van der Waals surface area contributed by atoms with Gasteiger partial charge in [0.2, 0.25) is 15.9 Å². The Balaban J connectivity index is 1.60. The molecule has 9 heteroatoms. The molecule has 34 heavy (non-hydrogen) atoms. The number of rotatable bonds is 9. The molecule has 2 aromatic rings. The molecule has 8 nitrogen and oxygen atoms in total. The zero-order valence-electron chi connectivity index (χ0n) is 21.1. The van der Waals surface area contributed by atoms with Crippen molar-refractivity contribution in [2.75, 3.05) is 39.4 Å². The van der Waals surface area contributed by atoms with Crippen molar-refractivity contribution in [1.82, 2.24) is 14.9 Å². The average molecular weight is 492 g/mol. The van der Waals surface area contributed by atoms with Crippen molar-refractivity contribution in [3.05, 3.63) is 51.5 Å². The quantitative estimate of drug-likeness (QED) is 0.559. The van der Waals surface area contributed by atoms with Crippen LogP contribution >= 0.6 is 0 Å². The molecular formula is C25H37N3O5S. The van der Waals surface area contributed by atoms with Crippen LogP contribution in [0, 0.1) is 41.5 Å². The molecule has 3 rings (SSSR count). The first-order chi connectivity index (χ1) is 16.0. The molecule has 1 aromatic heterocycles. The van der Waals surface area contributed by atoms with Gasteiger partial charge in [0.15, 0.2) is 0 Å². The Hall–Kier alpha value is -2.20. The molecule has 2 heterocycles. The number of nitrogens with one attached hydrogen (secondary N) is 2. The first-order valence-corrected chi connectivity index (χ1v) is 13.2. The number of ether oxygens (including phenoxy) is 1. The van der Waals surface area contributed by atoms with Crippen LogP contribution < -0.4 is 10.0 Å². The van der Waals surface area contributed by atoms with Crippen molar-refractivity contribution in [3.63, 3.8) is 0 Å². The van der Waals surface area contributed by atoms with Crippen LogP contribution in [0.2, 0.25) is 0 Å². The van der Waals surface area contributed by atoms with Crippen molar-refractivity contribution in [2.45, 2.75) is 58.9 Å². The maximum atomic E-state index is 13.1. The van der Waals surface area contributed by atoms with Gasteiger partial charge in [-0.2, -0.15) is 0 Å². The minimum Gasteiger partial charge on any atom is -0.465 e. The van der Waals surface area contributed by atoms with Gasteiger partial charge >= 0.3 is 0 Å². The van der Waals surface area contributed by atoms with Gasteiger partial charge in [0, 0.05) is 32.6 Å². The normalized spacial score (nSPS) is 15.9. The number of amides is 1. The Kier molecular flexibility index (Phi) is 8.57. The Morgan fingerprint density at radius 3 is 2.12 bits per heavy atom. The molecule has 2 N–H and O–H groups in total. The molecule has 1 atom stereocenters. The maximum absolute atomic E-state index is 13.1. The summed E-state index contributed by atoms with van der Waals surface area (Å²) in [7, 11) is -3.73. The number of morpholine rings is 1. The Labute approximate surface area is 203 Å². The van der Waals surface area contributed by atoms with Crippen molar-refractivity contribution >= 4 is 15.9 Å². The Bertz CT molecular complexity index is 1100. The molecule has 1 amide bonds. The first kappa shape index (κ1) is 26.4. The van der Waals surface area contributed by atoms with Crippen LogP contribution in [0.5, 0.6) is 0 Å². The van der Waals surface area contributed by atoms with E-state index in [0.717, 1.165) is 52.4 Å². The predicted molar refractivity (Wildman–Crippen MR) is 132 cm³/mol. The second-order valence-corrected chi connectivity index (χ2v) is 10.7. The highest BCUT2D eigenvalue weighted by Gasteiger charge is 2.26. The summed E-state index contributed by atoms with van der Waals surface area (Å²) in [5.41, 5.74) is 4.56. The summed E-state index contributed by atoms with van der Waals surface area (Å²) in [6.45, 7) is 14.7. The van der Waals surface area contributed by atoms with Crippen LogP contribution in [0.4, 0.5) is 0 Å².